The van der Waals surface area contributed by atoms with Crippen LogP contribution in [0.4, 0.5) is 5.69 Å². The van der Waals surface area contributed by atoms with Crippen LogP contribution in [0.2, 0.25) is 0 Å². The summed E-state index contributed by atoms with van der Waals surface area (Å²) in [7, 11) is -3.80. The van der Waals surface area contributed by atoms with E-state index in [1.807, 2.05) is 0 Å². The molecule has 0 fully saturated rings. The van der Waals surface area contributed by atoms with Gasteiger partial charge in [0.05, 0.1) is 22.8 Å². The van der Waals surface area contributed by atoms with Gasteiger partial charge in [0, 0.05) is 5.69 Å². The standard InChI is InChI=1S/C20H21N5O4S/c1-13-9-10-17(24-30(28,29)11-16-7-5-4-6-8-16)19(27)25(13)20-22-15(3)18(23-20)14(2)21-12-26/h4-10,12,24H,2,11H2,1,3H3,(H,21,26)(H,22,23). The van der Waals surface area contributed by atoms with Crippen molar-refractivity contribution in [3.05, 3.63) is 82.0 Å². The molecule has 0 aliphatic heterocycles. The molecule has 2 aromatic heterocycles. The number of aromatic nitrogens is 3. The summed E-state index contributed by atoms with van der Waals surface area (Å²) in [5.41, 5.74) is 1.74. The zero-order valence-corrected chi connectivity index (χ0v) is 17.3. The molecule has 0 aliphatic rings. The second kappa shape index (κ2) is 8.37. The van der Waals surface area contributed by atoms with E-state index < -0.39 is 15.6 Å². The molecule has 0 unspecified atom stereocenters. The molecule has 0 spiro atoms. The summed E-state index contributed by atoms with van der Waals surface area (Å²) in [6, 6.07) is 11.7. The summed E-state index contributed by atoms with van der Waals surface area (Å²) in [5, 5.41) is 2.44. The molecule has 2 heterocycles. The van der Waals surface area contributed by atoms with Crippen molar-refractivity contribution in [2.24, 2.45) is 0 Å². The molecule has 30 heavy (non-hydrogen) atoms. The quantitative estimate of drug-likeness (QED) is 0.473. The van der Waals surface area contributed by atoms with Gasteiger partial charge in [-0.1, -0.05) is 36.9 Å². The van der Waals surface area contributed by atoms with Crippen LogP contribution >= 0.6 is 0 Å². The van der Waals surface area contributed by atoms with Crippen LogP contribution in [0, 0.1) is 13.8 Å². The number of carbonyl (C=O) groups is 1. The molecule has 0 radical (unpaired) electrons. The Morgan fingerprint density at radius 1 is 1.20 bits per heavy atom. The van der Waals surface area contributed by atoms with Crippen molar-refractivity contribution >= 4 is 27.8 Å². The lowest BCUT2D eigenvalue weighted by Gasteiger charge is -2.12. The van der Waals surface area contributed by atoms with Crippen molar-refractivity contribution in [3.63, 3.8) is 0 Å². The number of pyridine rings is 1. The monoisotopic (exact) mass is 427 g/mol. The Kier molecular flexibility index (Phi) is 5.88. The van der Waals surface area contributed by atoms with Crippen LogP contribution in [0.3, 0.4) is 0 Å². The highest BCUT2D eigenvalue weighted by molar-refractivity contribution is 7.91. The second-order valence-electron chi connectivity index (χ2n) is 6.64. The van der Waals surface area contributed by atoms with Crippen LogP contribution < -0.4 is 15.6 Å². The molecule has 3 aromatic rings. The van der Waals surface area contributed by atoms with Gasteiger partial charge in [-0.2, -0.15) is 0 Å². The van der Waals surface area contributed by atoms with Crippen molar-refractivity contribution in [3.8, 4) is 5.95 Å². The van der Waals surface area contributed by atoms with E-state index >= 15 is 0 Å². The zero-order chi connectivity index (χ0) is 21.9. The molecule has 156 valence electrons. The van der Waals surface area contributed by atoms with Gasteiger partial charge in [-0.3, -0.25) is 14.3 Å². The number of nitrogens with zero attached hydrogens (tertiary/aromatic N) is 2. The number of nitrogens with one attached hydrogen (secondary N) is 3. The van der Waals surface area contributed by atoms with Crippen molar-refractivity contribution in [2.75, 3.05) is 4.72 Å². The average molecular weight is 427 g/mol. The fourth-order valence-electron chi connectivity index (χ4n) is 2.96. The van der Waals surface area contributed by atoms with E-state index in [2.05, 4.69) is 26.6 Å². The number of hydrogen-bond donors (Lipinski definition) is 3. The third-order valence-electron chi connectivity index (χ3n) is 4.36. The second-order valence-corrected chi connectivity index (χ2v) is 8.36. The van der Waals surface area contributed by atoms with E-state index in [1.54, 1.807) is 50.2 Å². The lowest BCUT2D eigenvalue weighted by atomic mass is 10.2. The Balaban J connectivity index is 1.97. The first-order valence-corrected chi connectivity index (χ1v) is 10.6. The molecule has 3 N–H and O–H groups in total. The van der Waals surface area contributed by atoms with E-state index in [4.69, 9.17) is 0 Å². The summed E-state index contributed by atoms with van der Waals surface area (Å²) in [5.74, 6) is -0.0783. The molecule has 0 bridgehead atoms. The SMILES string of the molecule is C=C(NC=O)c1[nH]c(-n2c(C)ccc(NS(=O)(=O)Cc3ccccc3)c2=O)nc1C. The van der Waals surface area contributed by atoms with Crippen LogP contribution in [0.5, 0.6) is 0 Å². The van der Waals surface area contributed by atoms with Gasteiger partial charge in [0.25, 0.3) is 5.56 Å². The Morgan fingerprint density at radius 2 is 1.90 bits per heavy atom. The number of imidazole rings is 1. The van der Waals surface area contributed by atoms with Gasteiger partial charge < -0.3 is 10.3 Å². The van der Waals surface area contributed by atoms with Crippen LogP contribution in [0.15, 0.2) is 53.8 Å². The number of aromatic amines is 1. The molecule has 0 saturated carbocycles. The Labute approximate surface area is 173 Å². The molecule has 10 heteroatoms. The van der Waals surface area contributed by atoms with E-state index in [9.17, 15) is 18.0 Å². The van der Waals surface area contributed by atoms with Crippen LogP contribution in [-0.4, -0.2) is 29.4 Å². The fraction of sp³-hybridized carbons (Fsp3) is 0.150. The summed E-state index contributed by atoms with van der Waals surface area (Å²) >= 11 is 0. The smallest absolute Gasteiger partial charge is 0.281 e. The van der Waals surface area contributed by atoms with E-state index in [-0.39, 0.29) is 17.4 Å². The summed E-state index contributed by atoms with van der Waals surface area (Å²) in [6.07, 6.45) is 0.488. The number of rotatable bonds is 8. The number of aryl methyl sites for hydroxylation is 2. The van der Waals surface area contributed by atoms with Crippen LogP contribution in [0.1, 0.15) is 22.6 Å². The first-order valence-electron chi connectivity index (χ1n) is 8.95. The number of amides is 1. The lowest BCUT2D eigenvalue weighted by Crippen LogP contribution is -2.27. The van der Waals surface area contributed by atoms with Crippen molar-refractivity contribution in [1.82, 2.24) is 19.9 Å². The Bertz CT molecular complexity index is 1260. The molecule has 3 rings (SSSR count). The van der Waals surface area contributed by atoms with Gasteiger partial charge in [-0.15, -0.1) is 0 Å². The van der Waals surface area contributed by atoms with Gasteiger partial charge in [-0.05, 0) is 31.5 Å². The van der Waals surface area contributed by atoms with E-state index in [0.29, 0.717) is 34.8 Å². The van der Waals surface area contributed by atoms with Gasteiger partial charge in [0.1, 0.15) is 5.69 Å². The third kappa shape index (κ3) is 4.49. The minimum absolute atomic E-state index is 0.100. The molecule has 1 aromatic carbocycles. The van der Waals surface area contributed by atoms with Crippen LogP contribution in [0.25, 0.3) is 11.6 Å². The Hall–Kier alpha value is -3.66. The normalized spacial score (nSPS) is 11.1. The highest BCUT2D eigenvalue weighted by Crippen LogP contribution is 2.17. The van der Waals surface area contributed by atoms with Gasteiger partial charge in [0.2, 0.25) is 22.4 Å². The van der Waals surface area contributed by atoms with Crippen LogP contribution in [-0.2, 0) is 20.6 Å². The molecule has 9 nitrogen and oxygen atoms in total. The number of hydrogen-bond acceptors (Lipinski definition) is 5. The number of sulfonamides is 1. The molecule has 1 amide bonds. The van der Waals surface area contributed by atoms with Gasteiger partial charge in [0.15, 0.2) is 0 Å². The first kappa shape index (κ1) is 21.1. The summed E-state index contributed by atoms with van der Waals surface area (Å²) in [4.78, 5) is 31.0. The van der Waals surface area contributed by atoms with Crippen molar-refractivity contribution < 1.29 is 13.2 Å². The summed E-state index contributed by atoms with van der Waals surface area (Å²) in [6.45, 7) is 7.13. The predicted molar refractivity (Wildman–Crippen MR) is 115 cm³/mol. The number of benzene rings is 1. The minimum Gasteiger partial charge on any atom is -0.327 e. The zero-order valence-electron chi connectivity index (χ0n) is 16.5. The van der Waals surface area contributed by atoms with Gasteiger partial charge >= 0.3 is 0 Å². The topological polar surface area (TPSA) is 126 Å². The molecule has 0 saturated heterocycles. The molecular weight excluding hydrogens is 406 g/mol. The fourth-order valence-corrected chi connectivity index (χ4v) is 4.15. The van der Waals surface area contributed by atoms with E-state index in [0.717, 1.165) is 0 Å². The highest BCUT2D eigenvalue weighted by atomic mass is 32.2. The Morgan fingerprint density at radius 3 is 2.57 bits per heavy atom. The first-order chi connectivity index (χ1) is 14.2. The van der Waals surface area contributed by atoms with Crippen molar-refractivity contribution in [1.29, 1.82) is 0 Å². The molecular formula is C20H21N5O4S. The maximum atomic E-state index is 13.0. The molecule has 0 aliphatic carbocycles. The number of carbonyl (C=O) groups excluding carboxylic acids is 1. The average Bonchev–Trinajstić information content (AvgIpc) is 3.06. The lowest BCUT2D eigenvalue weighted by molar-refractivity contribution is -0.108. The maximum absolute atomic E-state index is 13.0. The predicted octanol–water partition coefficient (Wildman–Crippen LogP) is 1.84. The number of anilines is 1. The highest BCUT2D eigenvalue weighted by Gasteiger charge is 2.18. The summed E-state index contributed by atoms with van der Waals surface area (Å²) < 4.78 is 28.7. The number of H-pyrrole nitrogens is 1. The maximum Gasteiger partial charge on any atom is 0.281 e. The third-order valence-corrected chi connectivity index (χ3v) is 5.61. The largest absolute Gasteiger partial charge is 0.327 e. The van der Waals surface area contributed by atoms with Crippen molar-refractivity contribution in [2.45, 2.75) is 19.6 Å². The van der Waals surface area contributed by atoms with Gasteiger partial charge in [-0.25, -0.2) is 18.0 Å². The molecule has 0 atom stereocenters. The minimum atomic E-state index is -3.80. The van der Waals surface area contributed by atoms with E-state index in [1.165, 1.54) is 10.6 Å².